The van der Waals surface area contributed by atoms with Gasteiger partial charge in [0.1, 0.15) is 5.84 Å². The first-order valence-corrected chi connectivity index (χ1v) is 10.8. The maximum Gasteiger partial charge on any atom is 0.165 e. The Kier molecular flexibility index (Phi) is 7.93. The average Bonchev–Trinajstić information content (AvgIpc) is 2.81. The molecule has 1 aliphatic rings. The van der Waals surface area contributed by atoms with Crippen LogP contribution in [0.5, 0.6) is 11.5 Å². The van der Waals surface area contributed by atoms with Crippen LogP contribution in [0.4, 0.5) is 0 Å². The molecule has 0 aromatic heterocycles. The van der Waals surface area contributed by atoms with Crippen molar-refractivity contribution in [3.63, 3.8) is 0 Å². The first-order chi connectivity index (χ1) is 15.0. The van der Waals surface area contributed by atoms with Crippen LogP contribution in [0.25, 0.3) is 0 Å². The first-order valence-electron chi connectivity index (χ1n) is 10.8. The van der Waals surface area contributed by atoms with Gasteiger partial charge in [-0.1, -0.05) is 42.5 Å². The Labute approximate surface area is 186 Å². The molecular formula is C25H35N3O3. The summed E-state index contributed by atoms with van der Waals surface area (Å²) in [7, 11) is 5.11. The lowest BCUT2D eigenvalue weighted by atomic mass is 9.91. The van der Waals surface area contributed by atoms with Crippen LogP contribution < -0.4 is 15.2 Å². The Morgan fingerprint density at radius 3 is 2.35 bits per heavy atom. The SMILES string of the molecule is COc1cccc(C(C(N)=NCCc2ccccc2)N2CCC(C)(OC)CC2)c1OC. The highest BCUT2D eigenvalue weighted by Gasteiger charge is 2.36. The Morgan fingerprint density at radius 2 is 1.74 bits per heavy atom. The highest BCUT2D eigenvalue weighted by Crippen LogP contribution is 2.39. The number of hydrogen-bond donors (Lipinski definition) is 1. The average molecular weight is 426 g/mol. The van der Waals surface area contributed by atoms with Crippen LogP contribution in [-0.4, -0.2) is 57.3 Å². The number of hydrogen-bond acceptors (Lipinski definition) is 5. The number of rotatable bonds is 9. The zero-order valence-electron chi connectivity index (χ0n) is 19.1. The summed E-state index contributed by atoms with van der Waals surface area (Å²) in [6, 6.07) is 16.1. The molecule has 1 heterocycles. The van der Waals surface area contributed by atoms with Crippen molar-refractivity contribution in [2.45, 2.75) is 37.8 Å². The molecule has 1 fully saturated rings. The van der Waals surface area contributed by atoms with Gasteiger partial charge >= 0.3 is 0 Å². The molecule has 1 aliphatic heterocycles. The topological polar surface area (TPSA) is 69.3 Å². The number of aliphatic imine (C=N–C) groups is 1. The van der Waals surface area contributed by atoms with Crippen LogP contribution in [-0.2, 0) is 11.2 Å². The van der Waals surface area contributed by atoms with Gasteiger partial charge < -0.3 is 19.9 Å². The molecule has 2 aromatic rings. The molecule has 1 saturated heterocycles. The number of ether oxygens (including phenoxy) is 3. The van der Waals surface area contributed by atoms with Gasteiger partial charge in [0.2, 0.25) is 0 Å². The van der Waals surface area contributed by atoms with Gasteiger partial charge in [-0.3, -0.25) is 9.89 Å². The molecule has 6 heteroatoms. The van der Waals surface area contributed by atoms with Crippen molar-refractivity contribution in [2.24, 2.45) is 10.7 Å². The molecule has 6 nitrogen and oxygen atoms in total. The van der Waals surface area contributed by atoms with Gasteiger partial charge in [-0.05, 0) is 37.8 Å². The van der Waals surface area contributed by atoms with Gasteiger partial charge in [-0.2, -0.15) is 0 Å². The monoisotopic (exact) mass is 425 g/mol. The quantitative estimate of drug-likeness (QED) is 0.488. The predicted molar refractivity (Wildman–Crippen MR) is 125 cm³/mol. The van der Waals surface area contributed by atoms with Gasteiger partial charge in [0, 0.05) is 32.3 Å². The zero-order valence-corrected chi connectivity index (χ0v) is 19.1. The van der Waals surface area contributed by atoms with E-state index in [0.29, 0.717) is 23.9 Å². The van der Waals surface area contributed by atoms with E-state index in [-0.39, 0.29) is 11.6 Å². The number of nitrogens with two attached hydrogens (primary N) is 1. The molecule has 0 amide bonds. The van der Waals surface area contributed by atoms with Gasteiger partial charge in [0.15, 0.2) is 11.5 Å². The van der Waals surface area contributed by atoms with Crippen LogP contribution in [0.1, 0.15) is 36.9 Å². The number of benzene rings is 2. The minimum atomic E-state index is -0.178. The third-order valence-corrected chi connectivity index (χ3v) is 6.26. The minimum Gasteiger partial charge on any atom is -0.493 e. The highest BCUT2D eigenvalue weighted by molar-refractivity contribution is 5.88. The second-order valence-corrected chi connectivity index (χ2v) is 8.22. The summed E-state index contributed by atoms with van der Waals surface area (Å²) >= 11 is 0. The molecule has 2 aromatic carbocycles. The second-order valence-electron chi connectivity index (χ2n) is 8.22. The third-order valence-electron chi connectivity index (χ3n) is 6.26. The standard InChI is InChI=1S/C25H35N3O3/c1-25(31-4)14-17-28(18-15-25)22(20-11-8-12-21(29-2)23(20)30-3)24(26)27-16-13-19-9-6-5-7-10-19/h5-12,22H,13-18H2,1-4H3,(H2,26,27). The smallest absolute Gasteiger partial charge is 0.165 e. The Balaban J connectivity index is 1.88. The molecule has 0 radical (unpaired) electrons. The summed E-state index contributed by atoms with van der Waals surface area (Å²) in [5.41, 5.74) is 8.77. The maximum atomic E-state index is 6.64. The van der Waals surface area contributed by atoms with Crippen molar-refractivity contribution >= 4 is 5.84 Å². The van der Waals surface area contributed by atoms with Gasteiger partial charge in [-0.15, -0.1) is 0 Å². The van der Waals surface area contributed by atoms with Crippen molar-refractivity contribution in [1.82, 2.24) is 4.90 Å². The Morgan fingerprint density at radius 1 is 1.03 bits per heavy atom. The van der Waals surface area contributed by atoms with Crippen LogP contribution >= 0.6 is 0 Å². The van der Waals surface area contributed by atoms with Crippen molar-refractivity contribution in [3.8, 4) is 11.5 Å². The summed E-state index contributed by atoms with van der Waals surface area (Å²) in [6.07, 6.45) is 2.72. The predicted octanol–water partition coefficient (Wildman–Crippen LogP) is 3.85. The zero-order chi connectivity index (χ0) is 22.3. The number of nitrogens with zero attached hydrogens (tertiary/aromatic N) is 2. The van der Waals surface area contributed by atoms with Gasteiger partial charge in [0.25, 0.3) is 0 Å². The van der Waals surface area contributed by atoms with Crippen LogP contribution in [0, 0.1) is 0 Å². The van der Waals surface area contributed by atoms with E-state index in [2.05, 4.69) is 30.0 Å². The number of methoxy groups -OCH3 is 3. The number of para-hydroxylation sites is 1. The van der Waals surface area contributed by atoms with Crippen LogP contribution in [0.15, 0.2) is 53.5 Å². The van der Waals surface area contributed by atoms with Crippen molar-refractivity contribution in [3.05, 3.63) is 59.7 Å². The van der Waals surface area contributed by atoms with E-state index < -0.39 is 0 Å². The molecule has 2 N–H and O–H groups in total. The van der Waals surface area contributed by atoms with E-state index >= 15 is 0 Å². The molecule has 0 saturated carbocycles. The first kappa shape index (κ1) is 23.1. The summed E-state index contributed by atoms with van der Waals surface area (Å²) in [4.78, 5) is 7.16. The van der Waals surface area contributed by atoms with E-state index in [1.54, 1.807) is 21.3 Å². The summed E-state index contributed by atoms with van der Waals surface area (Å²) < 4.78 is 17.0. The van der Waals surface area contributed by atoms with E-state index in [1.807, 2.05) is 30.3 Å². The lowest BCUT2D eigenvalue weighted by molar-refractivity contribution is -0.0462. The number of piperidine rings is 1. The second kappa shape index (κ2) is 10.6. The van der Waals surface area contributed by atoms with Crippen molar-refractivity contribution < 1.29 is 14.2 Å². The molecule has 1 unspecified atom stereocenters. The Bertz CT molecular complexity index is 862. The molecule has 0 aliphatic carbocycles. The lowest BCUT2D eigenvalue weighted by Gasteiger charge is -2.42. The van der Waals surface area contributed by atoms with Gasteiger partial charge in [-0.25, -0.2) is 0 Å². The van der Waals surface area contributed by atoms with E-state index in [9.17, 15) is 0 Å². The maximum absolute atomic E-state index is 6.64. The van der Waals surface area contributed by atoms with Crippen molar-refractivity contribution in [2.75, 3.05) is 41.0 Å². The molecule has 0 spiro atoms. The van der Waals surface area contributed by atoms with Gasteiger partial charge in [0.05, 0.1) is 25.9 Å². The Hall–Kier alpha value is -2.57. The lowest BCUT2D eigenvalue weighted by Crippen LogP contribution is -2.48. The van der Waals surface area contributed by atoms with Crippen LogP contribution in [0.2, 0.25) is 0 Å². The molecule has 3 rings (SSSR count). The van der Waals surface area contributed by atoms with Crippen molar-refractivity contribution in [1.29, 1.82) is 0 Å². The van der Waals surface area contributed by atoms with Crippen LogP contribution in [0.3, 0.4) is 0 Å². The number of amidine groups is 1. The van der Waals surface area contributed by atoms with E-state index in [0.717, 1.165) is 37.9 Å². The van der Waals surface area contributed by atoms with E-state index in [1.165, 1.54) is 5.56 Å². The number of likely N-dealkylation sites (tertiary alicyclic amines) is 1. The highest BCUT2D eigenvalue weighted by atomic mass is 16.5. The van der Waals surface area contributed by atoms with E-state index in [4.69, 9.17) is 24.9 Å². The molecule has 168 valence electrons. The summed E-state index contributed by atoms with van der Waals surface area (Å²) in [5, 5.41) is 0. The summed E-state index contributed by atoms with van der Waals surface area (Å²) in [6.45, 7) is 4.54. The largest absolute Gasteiger partial charge is 0.493 e. The molecular weight excluding hydrogens is 390 g/mol. The summed E-state index contributed by atoms with van der Waals surface area (Å²) in [5.74, 6) is 2.00. The molecule has 31 heavy (non-hydrogen) atoms. The fourth-order valence-electron chi connectivity index (χ4n) is 4.17. The fourth-order valence-corrected chi connectivity index (χ4v) is 4.17. The third kappa shape index (κ3) is 5.57. The minimum absolute atomic E-state index is 0.0985. The fraction of sp³-hybridized carbons (Fsp3) is 0.480. The molecule has 1 atom stereocenters. The normalized spacial score (nSPS) is 17.9. The molecule has 0 bridgehead atoms.